The molecule has 0 aliphatic carbocycles. The van der Waals surface area contributed by atoms with Crippen molar-refractivity contribution in [2.75, 3.05) is 26.7 Å². The first-order chi connectivity index (χ1) is 16.6. The number of carbonyl (C=O) groups is 1. The molecule has 6 nitrogen and oxygen atoms in total. The third-order valence-corrected chi connectivity index (χ3v) is 6.27. The zero-order chi connectivity index (χ0) is 23.8. The minimum absolute atomic E-state index is 0.0173. The van der Waals surface area contributed by atoms with Crippen LogP contribution in [0.25, 0.3) is 6.08 Å². The Morgan fingerprint density at radius 3 is 2.79 bits per heavy atom. The highest BCUT2D eigenvalue weighted by molar-refractivity contribution is 6.32. The first-order valence-electron chi connectivity index (χ1n) is 11.6. The fraction of sp³-hybridized carbons (Fsp3) is 0.333. The summed E-state index contributed by atoms with van der Waals surface area (Å²) in [5.74, 6) is 1.19. The number of piperidine rings is 1. The molecule has 1 atom stereocenters. The molecule has 1 unspecified atom stereocenters. The lowest BCUT2D eigenvalue weighted by molar-refractivity contribution is -0.127. The molecular weight excluding hydrogens is 450 g/mol. The maximum absolute atomic E-state index is 12.7. The average Bonchev–Trinajstić information content (AvgIpc) is 3.36. The Hall–Kier alpha value is -3.09. The summed E-state index contributed by atoms with van der Waals surface area (Å²) >= 11 is 6.18. The Labute approximate surface area is 205 Å². The second-order valence-electron chi connectivity index (χ2n) is 8.77. The van der Waals surface area contributed by atoms with Crippen LogP contribution in [0.4, 0.5) is 0 Å². The molecule has 1 aromatic heterocycles. The molecule has 2 aromatic carbocycles. The van der Waals surface area contributed by atoms with Gasteiger partial charge < -0.3 is 14.2 Å². The van der Waals surface area contributed by atoms with Crippen LogP contribution in [0.5, 0.6) is 5.75 Å². The number of halogens is 1. The fourth-order valence-electron chi connectivity index (χ4n) is 4.15. The Morgan fingerprint density at radius 1 is 1.21 bits per heavy atom. The smallest absolute Gasteiger partial charge is 0.246 e. The first-order valence-corrected chi connectivity index (χ1v) is 12.0. The lowest BCUT2D eigenvalue weighted by atomic mass is 9.99. The zero-order valence-corrected chi connectivity index (χ0v) is 20.2. The van der Waals surface area contributed by atoms with Gasteiger partial charge in [-0.25, -0.2) is 0 Å². The van der Waals surface area contributed by atoms with Crippen molar-refractivity contribution in [3.63, 3.8) is 0 Å². The van der Waals surface area contributed by atoms with Gasteiger partial charge in [0.05, 0.1) is 12.3 Å². The topological polar surface area (TPSA) is 58.8 Å². The number of carbonyl (C=O) groups excluding carboxylic acids is 1. The van der Waals surface area contributed by atoms with Crippen LogP contribution in [-0.2, 0) is 17.9 Å². The molecule has 1 aliphatic heterocycles. The molecule has 1 aliphatic rings. The minimum atomic E-state index is 0.0173. The van der Waals surface area contributed by atoms with Gasteiger partial charge in [-0.05, 0) is 55.3 Å². The summed E-state index contributed by atoms with van der Waals surface area (Å²) in [5.41, 5.74) is 2.97. The van der Waals surface area contributed by atoms with Gasteiger partial charge in [0.15, 0.2) is 0 Å². The van der Waals surface area contributed by atoms with Crippen molar-refractivity contribution in [2.24, 2.45) is 5.92 Å². The van der Waals surface area contributed by atoms with Crippen molar-refractivity contribution in [3.05, 3.63) is 88.8 Å². The van der Waals surface area contributed by atoms with Gasteiger partial charge in [-0.15, -0.1) is 0 Å². The molecule has 178 valence electrons. The predicted molar refractivity (Wildman–Crippen MR) is 133 cm³/mol. The first kappa shape index (κ1) is 24.0. The molecule has 1 saturated heterocycles. The third kappa shape index (κ3) is 6.95. The van der Waals surface area contributed by atoms with Gasteiger partial charge in [-0.3, -0.25) is 9.69 Å². The van der Waals surface area contributed by atoms with Crippen LogP contribution >= 0.6 is 11.6 Å². The predicted octanol–water partition coefficient (Wildman–Crippen LogP) is 5.29. The average molecular weight is 480 g/mol. The molecule has 1 fully saturated rings. The highest BCUT2D eigenvalue weighted by Gasteiger charge is 2.23. The van der Waals surface area contributed by atoms with E-state index in [-0.39, 0.29) is 5.91 Å². The molecule has 2 heterocycles. The quantitative estimate of drug-likeness (QED) is 0.390. The third-order valence-electron chi connectivity index (χ3n) is 5.93. The van der Waals surface area contributed by atoms with Crippen molar-refractivity contribution in [2.45, 2.75) is 25.9 Å². The van der Waals surface area contributed by atoms with E-state index in [4.69, 9.17) is 20.9 Å². The number of hydrogen-bond donors (Lipinski definition) is 0. The van der Waals surface area contributed by atoms with Gasteiger partial charge in [-0.1, -0.05) is 47.1 Å². The summed E-state index contributed by atoms with van der Waals surface area (Å²) in [7, 11) is 2.05. The number of rotatable bonds is 9. The Kier molecular flexibility index (Phi) is 8.39. The van der Waals surface area contributed by atoms with E-state index in [2.05, 4.69) is 29.2 Å². The van der Waals surface area contributed by atoms with Crippen molar-refractivity contribution in [3.8, 4) is 5.75 Å². The molecule has 0 spiro atoms. The van der Waals surface area contributed by atoms with Crippen molar-refractivity contribution >= 4 is 23.6 Å². The number of aromatic nitrogens is 1. The van der Waals surface area contributed by atoms with Crippen LogP contribution < -0.4 is 4.74 Å². The number of likely N-dealkylation sites (tertiary alicyclic amines) is 1. The lowest BCUT2D eigenvalue weighted by Gasteiger charge is -2.32. The number of hydrogen-bond acceptors (Lipinski definition) is 5. The molecular formula is C27H30ClN3O3. The molecule has 34 heavy (non-hydrogen) atoms. The summed E-state index contributed by atoms with van der Waals surface area (Å²) in [6, 6.07) is 17.6. The molecule has 7 heteroatoms. The largest absolute Gasteiger partial charge is 0.493 e. The van der Waals surface area contributed by atoms with E-state index in [1.54, 1.807) is 18.4 Å². The Morgan fingerprint density at radius 2 is 2.03 bits per heavy atom. The van der Waals surface area contributed by atoms with Crippen molar-refractivity contribution < 1.29 is 14.1 Å². The fourth-order valence-corrected chi connectivity index (χ4v) is 4.35. The second-order valence-corrected chi connectivity index (χ2v) is 9.17. The molecule has 1 amide bonds. The zero-order valence-electron chi connectivity index (χ0n) is 19.4. The van der Waals surface area contributed by atoms with Crippen LogP contribution in [0, 0.1) is 5.92 Å². The maximum Gasteiger partial charge on any atom is 0.246 e. The summed E-state index contributed by atoms with van der Waals surface area (Å²) in [4.78, 5) is 16.8. The lowest BCUT2D eigenvalue weighted by Crippen LogP contribution is -2.40. The normalized spacial score (nSPS) is 16.3. The van der Waals surface area contributed by atoms with Crippen molar-refractivity contribution in [1.82, 2.24) is 15.0 Å². The van der Waals surface area contributed by atoms with Crippen LogP contribution in [-0.4, -0.2) is 47.6 Å². The van der Waals surface area contributed by atoms with Gasteiger partial charge in [0.25, 0.3) is 0 Å². The van der Waals surface area contributed by atoms with E-state index in [9.17, 15) is 4.79 Å². The van der Waals surface area contributed by atoms with Gasteiger partial charge in [-0.2, -0.15) is 0 Å². The van der Waals surface area contributed by atoms with Gasteiger partial charge in [0, 0.05) is 49.3 Å². The monoisotopic (exact) mass is 479 g/mol. The number of amides is 1. The van der Waals surface area contributed by atoms with Crippen LogP contribution in [0.15, 0.2) is 71.5 Å². The summed E-state index contributed by atoms with van der Waals surface area (Å²) < 4.78 is 10.9. The molecule has 0 bridgehead atoms. The highest BCUT2D eigenvalue weighted by Crippen LogP contribution is 2.21. The number of nitrogens with zero attached hydrogens (tertiary/aromatic N) is 3. The summed E-state index contributed by atoms with van der Waals surface area (Å²) in [6.45, 7) is 3.63. The standard InChI is InChI=1S/C27H30ClN3O3/c1-30(19-24-14-16-34-29-24)17-21-8-11-25(12-9-21)33-20-22-5-4-15-31(18-22)27(32)13-10-23-6-2-3-7-26(23)28/h2-3,6-14,16,22H,4-5,15,17-20H2,1H3/b13-10+. The number of benzene rings is 2. The Bertz CT molecular complexity index is 1080. The SMILES string of the molecule is CN(Cc1ccc(OCC2CCCN(C(=O)/C=C/c3ccccc3Cl)C2)cc1)Cc1ccon1. The van der Waals surface area contributed by atoms with E-state index in [1.807, 2.05) is 47.4 Å². The van der Waals surface area contributed by atoms with Crippen LogP contribution in [0.3, 0.4) is 0 Å². The van der Waals surface area contributed by atoms with E-state index in [1.165, 1.54) is 5.56 Å². The summed E-state index contributed by atoms with van der Waals surface area (Å²) in [6.07, 6.45) is 7.03. The van der Waals surface area contributed by atoms with Crippen LogP contribution in [0.1, 0.15) is 29.7 Å². The van der Waals surface area contributed by atoms with Crippen LogP contribution in [0.2, 0.25) is 5.02 Å². The molecule has 0 radical (unpaired) electrons. The molecule has 0 N–H and O–H groups in total. The Balaban J connectivity index is 1.23. The molecule has 3 aromatic rings. The van der Waals surface area contributed by atoms with E-state index < -0.39 is 0 Å². The molecule has 0 saturated carbocycles. The van der Waals surface area contributed by atoms with Crippen molar-refractivity contribution in [1.29, 1.82) is 0 Å². The van der Waals surface area contributed by atoms with Gasteiger partial charge >= 0.3 is 0 Å². The molecule has 4 rings (SSSR count). The van der Waals surface area contributed by atoms with E-state index in [0.717, 1.165) is 49.5 Å². The highest BCUT2D eigenvalue weighted by atomic mass is 35.5. The minimum Gasteiger partial charge on any atom is -0.493 e. The van der Waals surface area contributed by atoms with Gasteiger partial charge in [0.1, 0.15) is 12.0 Å². The van der Waals surface area contributed by atoms with Gasteiger partial charge in [0.2, 0.25) is 5.91 Å². The van der Waals surface area contributed by atoms with E-state index >= 15 is 0 Å². The number of ether oxygens (including phenoxy) is 1. The maximum atomic E-state index is 12.7. The summed E-state index contributed by atoms with van der Waals surface area (Å²) in [5, 5.41) is 4.60. The second kappa shape index (κ2) is 11.9. The van der Waals surface area contributed by atoms with E-state index in [0.29, 0.717) is 24.1 Å².